The third kappa shape index (κ3) is 3.30. The highest BCUT2D eigenvalue weighted by Gasteiger charge is 2.27. The van der Waals surface area contributed by atoms with Crippen molar-refractivity contribution >= 4 is 11.9 Å². The van der Waals surface area contributed by atoms with Crippen LogP contribution in [-0.4, -0.2) is 22.8 Å². The molecular weight excluding hydrogens is 402 g/mol. The Kier molecular flexibility index (Phi) is 5.17. The van der Waals surface area contributed by atoms with Gasteiger partial charge in [-0.25, -0.2) is 13.8 Å². The third-order valence-electron chi connectivity index (χ3n) is 4.97. The van der Waals surface area contributed by atoms with Gasteiger partial charge in [0.2, 0.25) is 0 Å². The quantitative estimate of drug-likeness (QED) is 0.598. The number of nitrogens with zero attached hydrogens (tertiary/aromatic N) is 4. The maximum absolute atomic E-state index is 14.3. The molecule has 0 atom stereocenters. The van der Waals surface area contributed by atoms with Gasteiger partial charge in [0.05, 0.1) is 23.2 Å². The van der Waals surface area contributed by atoms with Crippen molar-refractivity contribution in [1.82, 2.24) is 9.55 Å². The van der Waals surface area contributed by atoms with Crippen LogP contribution in [0, 0.1) is 23.0 Å². The van der Waals surface area contributed by atoms with Crippen LogP contribution in [0.5, 0.6) is 5.75 Å². The minimum absolute atomic E-state index is 0.00780. The predicted octanol–water partition coefficient (Wildman–Crippen LogP) is 4.18. The first-order valence-corrected chi connectivity index (χ1v) is 9.35. The van der Waals surface area contributed by atoms with Gasteiger partial charge in [0, 0.05) is 36.0 Å². The molecule has 0 N–H and O–H groups in total. The van der Waals surface area contributed by atoms with Gasteiger partial charge in [-0.3, -0.25) is 14.4 Å². The molecule has 0 aliphatic carbocycles. The number of hydrogen-bond donors (Lipinski definition) is 0. The van der Waals surface area contributed by atoms with Gasteiger partial charge in [0.15, 0.2) is 0 Å². The number of fused-ring (bicyclic) bond motifs is 3. The predicted molar refractivity (Wildman–Crippen MR) is 113 cm³/mol. The van der Waals surface area contributed by atoms with Crippen molar-refractivity contribution in [2.45, 2.75) is 13.5 Å². The number of benzene rings is 1. The van der Waals surface area contributed by atoms with Gasteiger partial charge in [0.1, 0.15) is 35.8 Å². The molecule has 0 saturated heterocycles. The van der Waals surface area contributed by atoms with Crippen molar-refractivity contribution < 1.29 is 13.5 Å². The van der Waals surface area contributed by atoms with Gasteiger partial charge in [-0.2, -0.15) is 5.26 Å². The van der Waals surface area contributed by atoms with Crippen LogP contribution in [0.2, 0.25) is 0 Å². The van der Waals surface area contributed by atoms with Crippen LogP contribution in [0.4, 0.5) is 8.78 Å². The summed E-state index contributed by atoms with van der Waals surface area (Å²) in [6.45, 7) is 1.74. The van der Waals surface area contributed by atoms with Crippen molar-refractivity contribution in [3.8, 4) is 34.2 Å². The summed E-state index contributed by atoms with van der Waals surface area (Å²) in [6.07, 6.45) is 4.26. The zero-order valence-corrected chi connectivity index (χ0v) is 16.7. The Morgan fingerprint density at radius 1 is 1.29 bits per heavy atom. The molecule has 0 bridgehead atoms. The monoisotopic (exact) mass is 418 g/mol. The molecule has 1 aliphatic heterocycles. The van der Waals surface area contributed by atoms with Crippen LogP contribution >= 0.6 is 0 Å². The second-order valence-electron chi connectivity index (χ2n) is 6.72. The Morgan fingerprint density at radius 3 is 2.81 bits per heavy atom. The van der Waals surface area contributed by atoms with Gasteiger partial charge in [0.25, 0.3) is 5.56 Å². The molecule has 8 heteroatoms. The minimum Gasteiger partial charge on any atom is -0.485 e. The number of halogens is 2. The molecule has 4 rings (SSSR count). The number of ether oxygens (including phenoxy) is 1. The minimum atomic E-state index is -0.728. The Hall–Kier alpha value is -4.12. The van der Waals surface area contributed by atoms with Gasteiger partial charge < -0.3 is 4.74 Å². The van der Waals surface area contributed by atoms with Gasteiger partial charge >= 0.3 is 0 Å². The average molecular weight is 418 g/mol. The van der Waals surface area contributed by atoms with E-state index in [0.717, 1.165) is 12.3 Å². The van der Waals surface area contributed by atoms with E-state index < -0.39 is 17.2 Å². The van der Waals surface area contributed by atoms with Crippen molar-refractivity contribution in [1.29, 1.82) is 5.26 Å². The highest BCUT2D eigenvalue weighted by molar-refractivity contribution is 6.03. The molecule has 3 aromatic rings. The Morgan fingerprint density at radius 2 is 2.10 bits per heavy atom. The van der Waals surface area contributed by atoms with E-state index in [2.05, 4.69) is 9.98 Å². The zero-order chi connectivity index (χ0) is 22.1. The third-order valence-corrected chi connectivity index (χ3v) is 4.97. The molecule has 31 heavy (non-hydrogen) atoms. The molecule has 0 saturated carbocycles. The first kappa shape index (κ1) is 20.2. The highest BCUT2D eigenvalue weighted by atomic mass is 19.1. The fourth-order valence-electron chi connectivity index (χ4n) is 3.60. The van der Waals surface area contributed by atoms with Crippen LogP contribution in [-0.2, 0) is 6.61 Å². The fourth-order valence-corrected chi connectivity index (χ4v) is 3.60. The molecule has 0 radical (unpaired) electrons. The average Bonchev–Trinajstić information content (AvgIpc) is 2.77. The lowest BCUT2D eigenvalue weighted by atomic mass is 9.96. The van der Waals surface area contributed by atoms with Gasteiger partial charge in [-0.15, -0.1) is 0 Å². The molecule has 154 valence electrons. The summed E-state index contributed by atoms with van der Waals surface area (Å²) in [5, 5.41) is 9.48. The van der Waals surface area contributed by atoms with E-state index in [1.807, 2.05) is 6.07 Å². The van der Waals surface area contributed by atoms with Crippen LogP contribution in [0.25, 0.3) is 28.1 Å². The summed E-state index contributed by atoms with van der Waals surface area (Å²) in [7, 11) is 1.57. The summed E-state index contributed by atoms with van der Waals surface area (Å²) in [4.78, 5) is 21.7. The number of aliphatic imine (C=N–C) groups is 1. The maximum Gasteiger partial charge on any atom is 0.263 e. The van der Waals surface area contributed by atoms with Crippen molar-refractivity contribution in [2.24, 2.45) is 4.99 Å². The smallest absolute Gasteiger partial charge is 0.263 e. The van der Waals surface area contributed by atoms with Crippen LogP contribution in [0.15, 0.2) is 52.4 Å². The van der Waals surface area contributed by atoms with Crippen molar-refractivity contribution in [3.05, 3.63) is 75.9 Å². The highest BCUT2D eigenvalue weighted by Crippen LogP contribution is 2.38. The molecule has 0 fully saturated rings. The number of rotatable bonds is 3. The normalized spacial score (nSPS) is 12.8. The Labute approximate surface area is 176 Å². The molecule has 1 aromatic carbocycles. The van der Waals surface area contributed by atoms with Crippen molar-refractivity contribution in [2.75, 3.05) is 7.05 Å². The number of aromatic nitrogens is 2. The van der Waals surface area contributed by atoms with Gasteiger partial charge in [-0.05, 0) is 19.1 Å². The molecule has 3 heterocycles. The van der Waals surface area contributed by atoms with Gasteiger partial charge in [-0.1, -0.05) is 18.2 Å². The lowest BCUT2D eigenvalue weighted by Crippen LogP contribution is -2.28. The Balaban J connectivity index is 2.14. The summed E-state index contributed by atoms with van der Waals surface area (Å²) in [5.41, 5.74) is 1.38. The van der Waals surface area contributed by atoms with Crippen LogP contribution in [0.3, 0.4) is 0 Å². The van der Waals surface area contributed by atoms with E-state index in [-0.39, 0.29) is 29.0 Å². The summed E-state index contributed by atoms with van der Waals surface area (Å²) < 4.78 is 35.0. The SMILES string of the molecule is C/C=C(\C=NC)n1c2c(cc(-c3cccc(F)c3C#N)c1=O)-c1ncc(F)cc1OC2. The zero-order valence-electron chi connectivity index (χ0n) is 16.7. The number of hydrogen-bond acceptors (Lipinski definition) is 5. The first-order chi connectivity index (χ1) is 15.0. The van der Waals surface area contributed by atoms with E-state index in [4.69, 9.17) is 4.74 Å². The molecule has 6 nitrogen and oxygen atoms in total. The molecule has 0 unspecified atom stereocenters. The molecule has 2 aromatic heterocycles. The van der Waals surface area contributed by atoms with Crippen LogP contribution < -0.4 is 10.3 Å². The maximum atomic E-state index is 14.3. The standard InChI is InChI=1S/C23H16F2N4O2/c1-3-14(11-27-2)29-20-12-31-21-7-13(24)10-28-22(21)17(20)8-16(23(29)30)15-5-4-6-19(25)18(15)9-26/h3-8,10-11H,12H2,1-2H3/b14-3+,27-11?. The number of allylic oxidation sites excluding steroid dienone is 2. The summed E-state index contributed by atoms with van der Waals surface area (Å²) in [6, 6.07) is 8.70. The van der Waals surface area contributed by atoms with E-state index in [1.165, 1.54) is 29.0 Å². The fraction of sp³-hybridized carbons (Fsp3) is 0.130. The molecule has 0 amide bonds. The second-order valence-corrected chi connectivity index (χ2v) is 6.72. The van der Waals surface area contributed by atoms with Crippen LogP contribution in [0.1, 0.15) is 18.2 Å². The van der Waals surface area contributed by atoms with E-state index in [0.29, 0.717) is 22.6 Å². The number of pyridine rings is 2. The lowest BCUT2D eigenvalue weighted by Gasteiger charge is -2.25. The van der Waals surface area contributed by atoms with E-state index >= 15 is 0 Å². The molecular formula is C23H16F2N4O2. The molecule has 1 aliphatic rings. The topological polar surface area (TPSA) is 80.3 Å². The molecule has 0 spiro atoms. The lowest BCUT2D eigenvalue weighted by molar-refractivity contribution is 0.291. The summed E-state index contributed by atoms with van der Waals surface area (Å²) in [5.74, 6) is -1.05. The van der Waals surface area contributed by atoms with E-state index in [1.54, 1.807) is 26.1 Å². The summed E-state index contributed by atoms with van der Waals surface area (Å²) >= 11 is 0. The Bertz CT molecular complexity index is 1370. The van der Waals surface area contributed by atoms with E-state index in [9.17, 15) is 18.8 Å². The number of nitriles is 1. The first-order valence-electron chi connectivity index (χ1n) is 9.35. The largest absolute Gasteiger partial charge is 0.485 e. The second kappa shape index (κ2) is 7.95. The van der Waals surface area contributed by atoms with Crippen molar-refractivity contribution in [3.63, 3.8) is 0 Å².